The van der Waals surface area contributed by atoms with Crippen LogP contribution in [0.3, 0.4) is 0 Å². The highest BCUT2D eigenvalue weighted by molar-refractivity contribution is 9.10. The molecule has 0 fully saturated rings. The lowest BCUT2D eigenvalue weighted by Gasteiger charge is -2.10. The zero-order valence-corrected chi connectivity index (χ0v) is 14.4. The predicted octanol–water partition coefficient (Wildman–Crippen LogP) is 5.76. The van der Waals surface area contributed by atoms with Gasteiger partial charge in [0.1, 0.15) is 11.5 Å². The molecule has 0 aromatic heterocycles. The number of carbonyl (C=O) groups is 1. The van der Waals surface area contributed by atoms with Crippen molar-refractivity contribution >= 4 is 55.5 Å². The van der Waals surface area contributed by atoms with E-state index in [1.807, 2.05) is 6.07 Å². The molecule has 0 heterocycles. The summed E-state index contributed by atoms with van der Waals surface area (Å²) in [5, 5.41) is 9.10. The second kappa shape index (κ2) is 7.11. The van der Waals surface area contributed by atoms with Gasteiger partial charge in [0.15, 0.2) is 0 Å². The van der Waals surface area contributed by atoms with Crippen LogP contribution in [0.15, 0.2) is 51.4 Å². The van der Waals surface area contributed by atoms with Crippen LogP contribution in [0.5, 0.6) is 11.5 Å². The highest BCUT2D eigenvalue weighted by Gasteiger charge is 2.07. The van der Waals surface area contributed by atoms with Crippen LogP contribution >= 0.6 is 43.5 Å². The van der Waals surface area contributed by atoms with Gasteiger partial charge in [0.2, 0.25) is 0 Å². The number of aliphatic carboxylic acids is 1. The van der Waals surface area contributed by atoms with Crippen molar-refractivity contribution in [1.29, 1.82) is 0 Å². The summed E-state index contributed by atoms with van der Waals surface area (Å²) in [6, 6.07) is 10.6. The smallest absolute Gasteiger partial charge is 0.328 e. The summed E-state index contributed by atoms with van der Waals surface area (Å²) < 4.78 is 7.31. The van der Waals surface area contributed by atoms with E-state index in [1.54, 1.807) is 30.3 Å². The average Bonchev–Trinajstić information content (AvgIpc) is 2.42. The number of halogens is 3. The van der Waals surface area contributed by atoms with Crippen LogP contribution in [0, 0.1) is 0 Å². The Morgan fingerprint density at radius 3 is 2.48 bits per heavy atom. The molecule has 0 aliphatic carbocycles. The van der Waals surface area contributed by atoms with E-state index < -0.39 is 5.97 Å². The first kappa shape index (κ1) is 16.1. The molecule has 0 unspecified atom stereocenters. The molecule has 108 valence electrons. The van der Waals surface area contributed by atoms with Crippen molar-refractivity contribution < 1.29 is 14.6 Å². The first-order valence-corrected chi connectivity index (χ1v) is 7.75. The van der Waals surface area contributed by atoms with Crippen LogP contribution in [0.4, 0.5) is 0 Å². The average molecular weight is 432 g/mol. The number of hydrogen-bond donors (Lipinski definition) is 1. The Bertz CT molecular complexity index is 714. The topological polar surface area (TPSA) is 46.5 Å². The highest BCUT2D eigenvalue weighted by Crippen LogP contribution is 2.35. The first-order valence-electron chi connectivity index (χ1n) is 5.79. The number of carboxylic acids is 1. The molecule has 2 rings (SSSR count). The number of ether oxygens (including phenoxy) is 1. The number of carboxylic acid groups (broad SMARTS) is 1. The molecule has 6 heteroatoms. The Kier molecular flexibility index (Phi) is 5.45. The molecule has 0 saturated heterocycles. The van der Waals surface area contributed by atoms with E-state index in [0.29, 0.717) is 21.0 Å². The van der Waals surface area contributed by atoms with E-state index >= 15 is 0 Å². The van der Waals surface area contributed by atoms with E-state index in [0.717, 1.165) is 16.1 Å². The summed E-state index contributed by atoms with van der Waals surface area (Å²) in [5.74, 6) is 0.134. The van der Waals surface area contributed by atoms with Gasteiger partial charge in [-0.3, -0.25) is 0 Å². The van der Waals surface area contributed by atoms with Gasteiger partial charge in [-0.1, -0.05) is 33.6 Å². The predicted molar refractivity (Wildman–Crippen MR) is 90.0 cm³/mol. The molecular formula is C15H9Br2ClO3. The minimum Gasteiger partial charge on any atom is -0.478 e. The van der Waals surface area contributed by atoms with Crippen LogP contribution < -0.4 is 4.74 Å². The Morgan fingerprint density at radius 1 is 1.14 bits per heavy atom. The molecular weight excluding hydrogens is 423 g/mol. The van der Waals surface area contributed by atoms with Crippen molar-refractivity contribution in [3.63, 3.8) is 0 Å². The van der Waals surface area contributed by atoms with Crippen molar-refractivity contribution in [3.8, 4) is 11.5 Å². The first-order chi connectivity index (χ1) is 9.95. The third-order valence-corrected chi connectivity index (χ3v) is 3.90. The second-order valence-electron chi connectivity index (χ2n) is 4.04. The van der Waals surface area contributed by atoms with Crippen LogP contribution in [0.25, 0.3) is 6.08 Å². The number of rotatable bonds is 4. The van der Waals surface area contributed by atoms with Crippen molar-refractivity contribution in [3.05, 3.63) is 62.0 Å². The SMILES string of the molecule is O=C(O)/C=C/c1ccc(Oc2ccc(Br)cc2Cl)c(Br)c1. The van der Waals surface area contributed by atoms with Gasteiger partial charge < -0.3 is 9.84 Å². The Balaban J connectivity index is 2.23. The van der Waals surface area contributed by atoms with Crippen molar-refractivity contribution in [2.75, 3.05) is 0 Å². The van der Waals surface area contributed by atoms with Crippen molar-refractivity contribution in [1.82, 2.24) is 0 Å². The minimum atomic E-state index is -0.993. The van der Waals surface area contributed by atoms with Crippen LogP contribution in [-0.4, -0.2) is 11.1 Å². The Labute approximate surface area is 143 Å². The van der Waals surface area contributed by atoms with Crippen LogP contribution in [0.2, 0.25) is 5.02 Å². The van der Waals surface area contributed by atoms with Gasteiger partial charge in [0.25, 0.3) is 0 Å². The second-order valence-corrected chi connectivity index (χ2v) is 6.22. The summed E-state index contributed by atoms with van der Waals surface area (Å²) in [6.45, 7) is 0. The van der Waals surface area contributed by atoms with Gasteiger partial charge in [0, 0.05) is 10.5 Å². The highest BCUT2D eigenvalue weighted by atomic mass is 79.9. The van der Waals surface area contributed by atoms with Gasteiger partial charge in [-0.05, 0) is 57.9 Å². The molecule has 0 aliphatic heterocycles. The fourth-order valence-electron chi connectivity index (χ4n) is 1.55. The Hall–Kier alpha value is -1.30. The number of benzene rings is 2. The van der Waals surface area contributed by atoms with Crippen LogP contribution in [0.1, 0.15) is 5.56 Å². The van der Waals surface area contributed by atoms with Gasteiger partial charge >= 0.3 is 5.97 Å². The summed E-state index contributed by atoms with van der Waals surface area (Å²) >= 11 is 12.8. The quantitative estimate of drug-likeness (QED) is 0.626. The molecule has 0 amide bonds. The summed E-state index contributed by atoms with van der Waals surface area (Å²) in [4.78, 5) is 10.5. The normalized spacial score (nSPS) is 10.8. The standard InChI is InChI=1S/C15H9Br2ClO3/c16-10-3-5-14(12(18)8-10)21-13-4-1-9(7-11(13)17)2-6-15(19)20/h1-8H,(H,19,20)/b6-2+. The fourth-order valence-corrected chi connectivity index (χ4v) is 2.74. The molecule has 0 saturated carbocycles. The van der Waals surface area contributed by atoms with E-state index in [9.17, 15) is 4.79 Å². The monoisotopic (exact) mass is 430 g/mol. The van der Waals surface area contributed by atoms with E-state index in [1.165, 1.54) is 6.08 Å². The largest absolute Gasteiger partial charge is 0.478 e. The van der Waals surface area contributed by atoms with Gasteiger partial charge in [0.05, 0.1) is 9.50 Å². The van der Waals surface area contributed by atoms with Crippen molar-refractivity contribution in [2.45, 2.75) is 0 Å². The molecule has 0 spiro atoms. The zero-order valence-electron chi connectivity index (χ0n) is 10.5. The molecule has 21 heavy (non-hydrogen) atoms. The lowest BCUT2D eigenvalue weighted by molar-refractivity contribution is -0.131. The van der Waals surface area contributed by atoms with Gasteiger partial charge in [-0.15, -0.1) is 0 Å². The van der Waals surface area contributed by atoms with Crippen LogP contribution in [-0.2, 0) is 4.79 Å². The number of hydrogen-bond acceptors (Lipinski definition) is 2. The summed E-state index contributed by atoms with van der Waals surface area (Å²) in [5.41, 5.74) is 0.749. The molecule has 0 aliphatic rings. The molecule has 3 nitrogen and oxygen atoms in total. The zero-order chi connectivity index (χ0) is 15.4. The molecule has 2 aromatic carbocycles. The third kappa shape index (κ3) is 4.59. The maximum atomic E-state index is 10.5. The van der Waals surface area contributed by atoms with Gasteiger partial charge in [-0.25, -0.2) is 4.79 Å². The Morgan fingerprint density at radius 2 is 1.86 bits per heavy atom. The van der Waals surface area contributed by atoms with Gasteiger partial charge in [-0.2, -0.15) is 0 Å². The lowest BCUT2D eigenvalue weighted by atomic mass is 10.2. The van der Waals surface area contributed by atoms with E-state index in [4.69, 9.17) is 21.4 Å². The van der Waals surface area contributed by atoms with E-state index in [-0.39, 0.29) is 0 Å². The summed E-state index contributed by atoms with van der Waals surface area (Å²) in [6.07, 6.45) is 2.58. The molecule has 2 aromatic rings. The lowest BCUT2D eigenvalue weighted by Crippen LogP contribution is -1.88. The molecule has 1 N–H and O–H groups in total. The maximum Gasteiger partial charge on any atom is 0.328 e. The molecule has 0 radical (unpaired) electrons. The third-order valence-electron chi connectivity index (χ3n) is 2.49. The van der Waals surface area contributed by atoms with Crippen molar-refractivity contribution in [2.24, 2.45) is 0 Å². The minimum absolute atomic E-state index is 0.492. The molecule has 0 bridgehead atoms. The molecule has 0 atom stereocenters. The fraction of sp³-hybridized carbons (Fsp3) is 0. The maximum absolute atomic E-state index is 10.5. The summed E-state index contributed by atoms with van der Waals surface area (Å²) in [7, 11) is 0. The van der Waals surface area contributed by atoms with E-state index in [2.05, 4.69) is 31.9 Å².